The molecule has 14 heavy (non-hydrogen) atoms. The highest BCUT2D eigenvalue weighted by molar-refractivity contribution is 5.32. The summed E-state index contributed by atoms with van der Waals surface area (Å²) in [6.45, 7) is 0. The van der Waals surface area contributed by atoms with E-state index < -0.39 is 0 Å². The van der Waals surface area contributed by atoms with Crippen molar-refractivity contribution in [3.8, 4) is 0 Å². The number of hydrogen-bond acceptors (Lipinski definition) is 4. The summed E-state index contributed by atoms with van der Waals surface area (Å²) in [5, 5.41) is 3.41. The molecule has 2 aliphatic rings. The predicted molar refractivity (Wildman–Crippen MR) is 51.9 cm³/mol. The summed E-state index contributed by atoms with van der Waals surface area (Å²) >= 11 is 0. The van der Waals surface area contributed by atoms with Gasteiger partial charge >= 0.3 is 0 Å². The lowest BCUT2D eigenvalue weighted by Gasteiger charge is -2.22. The van der Waals surface area contributed by atoms with Crippen molar-refractivity contribution in [1.29, 1.82) is 0 Å². The van der Waals surface area contributed by atoms with Crippen molar-refractivity contribution >= 4 is 5.95 Å². The van der Waals surface area contributed by atoms with Gasteiger partial charge in [0.05, 0.1) is 11.3 Å². The van der Waals surface area contributed by atoms with Gasteiger partial charge in [0.2, 0.25) is 5.95 Å². The molecule has 1 fully saturated rings. The van der Waals surface area contributed by atoms with Crippen molar-refractivity contribution in [2.75, 3.05) is 5.73 Å². The average molecular weight is 192 g/mol. The number of anilines is 1. The molecule has 3 heterocycles. The molecule has 1 saturated heterocycles. The maximum Gasteiger partial charge on any atom is 0.257 e. The fourth-order valence-corrected chi connectivity index (χ4v) is 2.50. The van der Waals surface area contributed by atoms with Gasteiger partial charge in [-0.15, -0.1) is 0 Å². The molecule has 0 aromatic carbocycles. The molecule has 4 N–H and O–H groups in total. The summed E-state index contributed by atoms with van der Waals surface area (Å²) in [5.41, 5.74) is 7.11. The summed E-state index contributed by atoms with van der Waals surface area (Å²) < 4.78 is 0. The van der Waals surface area contributed by atoms with Gasteiger partial charge < -0.3 is 11.1 Å². The third kappa shape index (κ3) is 0.988. The molecule has 0 aliphatic carbocycles. The van der Waals surface area contributed by atoms with E-state index in [-0.39, 0.29) is 17.5 Å². The van der Waals surface area contributed by atoms with Gasteiger partial charge in [-0.3, -0.25) is 9.78 Å². The molecule has 0 radical (unpaired) electrons. The maximum absolute atomic E-state index is 11.7. The van der Waals surface area contributed by atoms with Crippen molar-refractivity contribution in [2.24, 2.45) is 0 Å². The fraction of sp³-hybridized carbons (Fsp3) is 0.556. The van der Waals surface area contributed by atoms with Gasteiger partial charge in [0.25, 0.3) is 5.56 Å². The summed E-state index contributed by atoms with van der Waals surface area (Å²) in [6, 6.07) is 0.682. The molecule has 2 bridgehead atoms. The number of nitrogens with two attached hydrogens (primary N) is 1. The summed E-state index contributed by atoms with van der Waals surface area (Å²) in [7, 11) is 0. The molecular weight excluding hydrogens is 180 g/mol. The molecule has 2 aliphatic heterocycles. The number of fused-ring (bicyclic) bond motifs is 4. The van der Waals surface area contributed by atoms with E-state index in [0.717, 1.165) is 30.5 Å². The summed E-state index contributed by atoms with van der Waals surface area (Å²) in [5.74, 6) is 0.232. The number of nitrogens with one attached hydrogen (secondary N) is 2. The first-order chi connectivity index (χ1) is 6.74. The van der Waals surface area contributed by atoms with Crippen molar-refractivity contribution in [3.05, 3.63) is 21.6 Å². The third-order valence-corrected chi connectivity index (χ3v) is 3.08. The Morgan fingerprint density at radius 1 is 1.43 bits per heavy atom. The highest BCUT2D eigenvalue weighted by atomic mass is 16.1. The van der Waals surface area contributed by atoms with E-state index in [4.69, 9.17) is 5.73 Å². The van der Waals surface area contributed by atoms with Gasteiger partial charge in [-0.25, -0.2) is 4.98 Å². The minimum absolute atomic E-state index is 0.0784. The minimum Gasteiger partial charge on any atom is -0.369 e. The third-order valence-electron chi connectivity index (χ3n) is 3.08. The van der Waals surface area contributed by atoms with Crippen LogP contribution < -0.4 is 16.6 Å². The maximum atomic E-state index is 11.7. The lowest BCUT2D eigenvalue weighted by atomic mass is 10.0. The van der Waals surface area contributed by atoms with E-state index in [0.29, 0.717) is 6.04 Å². The smallest absolute Gasteiger partial charge is 0.257 e. The van der Waals surface area contributed by atoms with Crippen LogP contribution in [0.4, 0.5) is 5.95 Å². The number of aromatic amines is 1. The van der Waals surface area contributed by atoms with E-state index in [1.165, 1.54) is 0 Å². The van der Waals surface area contributed by atoms with Crippen LogP contribution in [0.15, 0.2) is 4.79 Å². The second-order valence-corrected chi connectivity index (χ2v) is 4.01. The van der Waals surface area contributed by atoms with Crippen LogP contribution in [0.3, 0.4) is 0 Å². The first-order valence-electron chi connectivity index (χ1n) is 4.88. The Kier molecular flexibility index (Phi) is 1.47. The molecule has 74 valence electrons. The minimum atomic E-state index is -0.0784. The topological polar surface area (TPSA) is 83.8 Å². The van der Waals surface area contributed by atoms with E-state index >= 15 is 0 Å². The zero-order valence-corrected chi connectivity index (χ0v) is 7.71. The molecule has 2 unspecified atom stereocenters. The number of nitrogens with zero attached hydrogens (tertiary/aromatic N) is 1. The molecule has 0 saturated carbocycles. The second-order valence-electron chi connectivity index (χ2n) is 4.01. The molecule has 3 rings (SSSR count). The summed E-state index contributed by atoms with van der Waals surface area (Å²) in [6.07, 6.45) is 2.99. The first kappa shape index (κ1) is 7.99. The molecule has 5 heteroatoms. The van der Waals surface area contributed by atoms with Crippen LogP contribution in [-0.2, 0) is 6.42 Å². The number of rotatable bonds is 0. The first-order valence-corrected chi connectivity index (χ1v) is 4.88. The van der Waals surface area contributed by atoms with Gasteiger partial charge in [0.15, 0.2) is 0 Å². The normalized spacial score (nSPS) is 28.9. The van der Waals surface area contributed by atoms with E-state index in [9.17, 15) is 4.79 Å². The van der Waals surface area contributed by atoms with Gasteiger partial charge in [-0.1, -0.05) is 0 Å². The highest BCUT2D eigenvalue weighted by Crippen LogP contribution is 2.32. The lowest BCUT2D eigenvalue weighted by Crippen LogP contribution is -2.37. The van der Waals surface area contributed by atoms with Crippen LogP contribution in [0.25, 0.3) is 0 Å². The van der Waals surface area contributed by atoms with E-state index in [1.807, 2.05) is 0 Å². The van der Waals surface area contributed by atoms with Crippen molar-refractivity contribution < 1.29 is 0 Å². The lowest BCUT2D eigenvalue weighted by molar-refractivity contribution is 0.501. The van der Waals surface area contributed by atoms with E-state index in [2.05, 4.69) is 15.3 Å². The summed E-state index contributed by atoms with van der Waals surface area (Å²) in [4.78, 5) is 18.4. The Labute approximate surface area is 80.7 Å². The van der Waals surface area contributed by atoms with Gasteiger partial charge in [0.1, 0.15) is 0 Å². The van der Waals surface area contributed by atoms with Gasteiger partial charge in [-0.05, 0) is 12.8 Å². The van der Waals surface area contributed by atoms with Crippen LogP contribution in [0, 0.1) is 0 Å². The zero-order valence-electron chi connectivity index (χ0n) is 7.71. The van der Waals surface area contributed by atoms with Crippen LogP contribution in [0.1, 0.15) is 30.1 Å². The Hall–Kier alpha value is -1.36. The molecule has 1 aromatic rings. The standard InChI is InChI=1S/C9H12N4O/c10-9-12-6-3-4-1-2-5(11-4)7(6)8(14)13-9/h4-5,11H,1-3H2,(H3,10,12,13,14). The highest BCUT2D eigenvalue weighted by Gasteiger charge is 2.34. The van der Waals surface area contributed by atoms with Crippen molar-refractivity contribution in [1.82, 2.24) is 15.3 Å². The number of H-pyrrole nitrogens is 1. The number of hydrogen-bond donors (Lipinski definition) is 3. The van der Waals surface area contributed by atoms with Crippen molar-refractivity contribution in [3.63, 3.8) is 0 Å². The predicted octanol–water partition coefficient (Wildman–Crippen LogP) is -0.299. The van der Waals surface area contributed by atoms with Crippen LogP contribution in [0.5, 0.6) is 0 Å². The largest absolute Gasteiger partial charge is 0.369 e. The van der Waals surface area contributed by atoms with Crippen molar-refractivity contribution in [2.45, 2.75) is 31.3 Å². The Balaban J connectivity index is 2.23. The average Bonchev–Trinajstić information content (AvgIpc) is 2.46. The van der Waals surface area contributed by atoms with Gasteiger partial charge in [-0.2, -0.15) is 0 Å². The molecule has 2 atom stereocenters. The Morgan fingerprint density at radius 2 is 2.29 bits per heavy atom. The quantitative estimate of drug-likeness (QED) is 0.527. The SMILES string of the molecule is Nc1nc2c(c(=O)[nH]1)C1CCC(C2)N1. The Morgan fingerprint density at radius 3 is 3.14 bits per heavy atom. The van der Waals surface area contributed by atoms with Crippen LogP contribution in [-0.4, -0.2) is 16.0 Å². The molecule has 1 aromatic heterocycles. The number of nitrogen functional groups attached to an aromatic ring is 1. The van der Waals surface area contributed by atoms with Crippen LogP contribution >= 0.6 is 0 Å². The number of aromatic nitrogens is 2. The monoisotopic (exact) mass is 192 g/mol. The second kappa shape index (κ2) is 2.57. The Bertz CT molecular complexity index is 439. The zero-order chi connectivity index (χ0) is 9.71. The fourth-order valence-electron chi connectivity index (χ4n) is 2.50. The van der Waals surface area contributed by atoms with Crippen LogP contribution in [0.2, 0.25) is 0 Å². The van der Waals surface area contributed by atoms with Gasteiger partial charge in [0, 0.05) is 18.5 Å². The molecule has 0 amide bonds. The molecule has 5 nitrogen and oxygen atoms in total. The molecular formula is C9H12N4O. The van der Waals surface area contributed by atoms with E-state index in [1.54, 1.807) is 0 Å². The molecule has 0 spiro atoms.